The zero-order valence-corrected chi connectivity index (χ0v) is 9.86. The molecule has 1 N–H and O–H groups in total. The maximum Gasteiger partial charge on any atom is 0.0304 e. The molecule has 0 bridgehead atoms. The van der Waals surface area contributed by atoms with Gasteiger partial charge in [-0.1, -0.05) is 6.42 Å². The first-order chi connectivity index (χ1) is 6.77. The Balaban J connectivity index is 1.79. The van der Waals surface area contributed by atoms with Gasteiger partial charge in [0.05, 0.1) is 0 Å². The average molecular weight is 209 g/mol. The standard InChI is InChI=1S/C12H19NS/c1-9-6-7-14-12(9)8-13-10(2)11-4-3-5-11/h6-7,10-11,13H,3-5,8H2,1-2H3. The van der Waals surface area contributed by atoms with Crippen LogP contribution in [0.25, 0.3) is 0 Å². The van der Waals surface area contributed by atoms with Gasteiger partial charge in [0.15, 0.2) is 0 Å². The van der Waals surface area contributed by atoms with E-state index in [-0.39, 0.29) is 0 Å². The number of hydrogen-bond donors (Lipinski definition) is 1. The quantitative estimate of drug-likeness (QED) is 0.802. The molecule has 1 nitrogen and oxygen atoms in total. The van der Waals surface area contributed by atoms with Crippen LogP contribution < -0.4 is 5.32 Å². The van der Waals surface area contributed by atoms with Crippen molar-refractivity contribution in [3.8, 4) is 0 Å². The molecule has 1 saturated carbocycles. The van der Waals surface area contributed by atoms with Crippen molar-refractivity contribution in [1.29, 1.82) is 0 Å². The second kappa shape index (κ2) is 4.45. The lowest BCUT2D eigenvalue weighted by atomic mass is 9.80. The summed E-state index contributed by atoms with van der Waals surface area (Å²) in [6, 6.07) is 2.90. The molecular formula is C12H19NS. The zero-order valence-electron chi connectivity index (χ0n) is 9.05. The van der Waals surface area contributed by atoms with Gasteiger partial charge >= 0.3 is 0 Å². The first kappa shape index (κ1) is 10.2. The molecule has 0 radical (unpaired) electrons. The van der Waals surface area contributed by atoms with Crippen LogP contribution in [0, 0.1) is 12.8 Å². The van der Waals surface area contributed by atoms with Crippen LogP contribution in [0.3, 0.4) is 0 Å². The lowest BCUT2D eigenvalue weighted by Gasteiger charge is -2.32. The van der Waals surface area contributed by atoms with Gasteiger partial charge in [-0.25, -0.2) is 0 Å². The lowest BCUT2D eigenvalue weighted by Crippen LogP contribution is -2.36. The van der Waals surface area contributed by atoms with Crippen LogP contribution in [-0.2, 0) is 6.54 Å². The van der Waals surface area contributed by atoms with Crippen LogP contribution >= 0.6 is 11.3 Å². The molecule has 0 amide bonds. The molecule has 1 atom stereocenters. The summed E-state index contributed by atoms with van der Waals surface area (Å²) in [5.74, 6) is 0.940. The number of thiophene rings is 1. The number of rotatable bonds is 4. The SMILES string of the molecule is Cc1ccsc1CNC(C)C1CCC1. The maximum absolute atomic E-state index is 3.64. The summed E-state index contributed by atoms with van der Waals surface area (Å²) < 4.78 is 0. The number of aryl methyl sites for hydroxylation is 1. The smallest absolute Gasteiger partial charge is 0.0304 e. The molecule has 2 heteroatoms. The lowest BCUT2D eigenvalue weighted by molar-refractivity contribution is 0.240. The predicted molar refractivity (Wildman–Crippen MR) is 62.7 cm³/mol. The maximum atomic E-state index is 3.64. The van der Waals surface area contributed by atoms with Crippen molar-refractivity contribution in [2.24, 2.45) is 5.92 Å². The first-order valence-corrected chi connectivity index (χ1v) is 6.41. The Morgan fingerprint density at radius 2 is 2.36 bits per heavy atom. The van der Waals surface area contributed by atoms with Crippen LogP contribution in [0.5, 0.6) is 0 Å². The van der Waals surface area contributed by atoms with E-state index in [1.54, 1.807) is 0 Å². The minimum Gasteiger partial charge on any atom is -0.309 e. The van der Waals surface area contributed by atoms with Crippen LogP contribution in [0.2, 0.25) is 0 Å². The molecular weight excluding hydrogens is 190 g/mol. The second-order valence-electron chi connectivity index (χ2n) is 4.39. The normalized spacial score (nSPS) is 19.3. The van der Waals surface area contributed by atoms with Gasteiger partial charge in [-0.2, -0.15) is 0 Å². The summed E-state index contributed by atoms with van der Waals surface area (Å²) in [6.07, 6.45) is 4.30. The molecule has 14 heavy (non-hydrogen) atoms. The topological polar surface area (TPSA) is 12.0 Å². The Kier molecular flexibility index (Phi) is 3.24. The fourth-order valence-electron chi connectivity index (χ4n) is 1.95. The molecule has 0 saturated heterocycles. The fourth-order valence-corrected chi connectivity index (χ4v) is 2.80. The van der Waals surface area contributed by atoms with E-state index in [4.69, 9.17) is 0 Å². The van der Waals surface area contributed by atoms with Crippen LogP contribution in [-0.4, -0.2) is 6.04 Å². The van der Waals surface area contributed by atoms with Gasteiger partial charge in [0.1, 0.15) is 0 Å². The Labute approximate surface area is 90.5 Å². The van der Waals surface area contributed by atoms with Gasteiger partial charge in [0.25, 0.3) is 0 Å². The van der Waals surface area contributed by atoms with Gasteiger partial charge in [0.2, 0.25) is 0 Å². The van der Waals surface area contributed by atoms with Gasteiger partial charge in [0, 0.05) is 17.5 Å². The minimum atomic E-state index is 0.699. The minimum absolute atomic E-state index is 0.699. The van der Waals surface area contributed by atoms with Crippen molar-refractivity contribution in [2.75, 3.05) is 0 Å². The highest BCUT2D eigenvalue weighted by molar-refractivity contribution is 7.10. The zero-order chi connectivity index (χ0) is 9.97. The molecule has 1 aromatic heterocycles. The number of hydrogen-bond acceptors (Lipinski definition) is 2. The van der Waals surface area contributed by atoms with Crippen molar-refractivity contribution in [3.05, 3.63) is 21.9 Å². The highest BCUT2D eigenvalue weighted by Gasteiger charge is 2.23. The largest absolute Gasteiger partial charge is 0.309 e. The molecule has 0 aliphatic heterocycles. The fraction of sp³-hybridized carbons (Fsp3) is 0.667. The Morgan fingerprint density at radius 3 is 2.86 bits per heavy atom. The average Bonchev–Trinajstić information content (AvgIpc) is 2.44. The van der Waals surface area contributed by atoms with E-state index in [0.29, 0.717) is 6.04 Å². The summed E-state index contributed by atoms with van der Waals surface area (Å²) >= 11 is 1.87. The van der Waals surface area contributed by atoms with Crippen LogP contribution in [0.1, 0.15) is 36.6 Å². The number of nitrogens with one attached hydrogen (secondary N) is 1. The van der Waals surface area contributed by atoms with Gasteiger partial charge in [-0.05, 0) is 49.6 Å². The van der Waals surface area contributed by atoms with Crippen molar-refractivity contribution in [3.63, 3.8) is 0 Å². The summed E-state index contributed by atoms with van der Waals surface area (Å²) in [7, 11) is 0. The molecule has 2 rings (SSSR count). The van der Waals surface area contributed by atoms with Crippen molar-refractivity contribution in [2.45, 2.75) is 45.7 Å². The summed E-state index contributed by atoms with van der Waals surface area (Å²) in [5, 5.41) is 5.82. The third-order valence-electron chi connectivity index (χ3n) is 3.41. The van der Waals surface area contributed by atoms with Crippen LogP contribution in [0.4, 0.5) is 0 Å². The van der Waals surface area contributed by atoms with E-state index in [1.807, 2.05) is 11.3 Å². The van der Waals surface area contributed by atoms with Gasteiger partial charge < -0.3 is 5.32 Å². The van der Waals surface area contributed by atoms with E-state index in [1.165, 1.54) is 29.7 Å². The van der Waals surface area contributed by atoms with E-state index in [2.05, 4.69) is 30.6 Å². The molecule has 1 aromatic rings. The van der Waals surface area contributed by atoms with Gasteiger partial charge in [-0.3, -0.25) is 0 Å². The monoisotopic (exact) mass is 209 g/mol. The Hall–Kier alpha value is -0.340. The summed E-state index contributed by atoms with van der Waals surface area (Å²) in [6.45, 7) is 5.58. The van der Waals surface area contributed by atoms with E-state index >= 15 is 0 Å². The molecule has 0 aromatic carbocycles. The third kappa shape index (κ3) is 2.18. The van der Waals surface area contributed by atoms with E-state index in [0.717, 1.165) is 12.5 Å². The molecule has 1 fully saturated rings. The summed E-state index contributed by atoms with van der Waals surface area (Å²) in [5.41, 5.74) is 1.43. The third-order valence-corrected chi connectivity index (χ3v) is 4.43. The highest BCUT2D eigenvalue weighted by Crippen LogP contribution is 2.29. The molecule has 1 aliphatic carbocycles. The van der Waals surface area contributed by atoms with Crippen molar-refractivity contribution in [1.82, 2.24) is 5.32 Å². The van der Waals surface area contributed by atoms with Crippen LogP contribution in [0.15, 0.2) is 11.4 Å². The first-order valence-electron chi connectivity index (χ1n) is 5.53. The second-order valence-corrected chi connectivity index (χ2v) is 5.39. The van der Waals surface area contributed by atoms with Gasteiger partial charge in [-0.15, -0.1) is 11.3 Å². The molecule has 0 spiro atoms. The van der Waals surface area contributed by atoms with Crippen molar-refractivity contribution >= 4 is 11.3 Å². The Morgan fingerprint density at radius 1 is 1.57 bits per heavy atom. The predicted octanol–water partition coefficient (Wildman–Crippen LogP) is 3.33. The van der Waals surface area contributed by atoms with E-state index in [9.17, 15) is 0 Å². The molecule has 1 heterocycles. The molecule has 1 aliphatic rings. The van der Waals surface area contributed by atoms with Crippen molar-refractivity contribution < 1.29 is 0 Å². The van der Waals surface area contributed by atoms with E-state index < -0.39 is 0 Å². The molecule has 1 unspecified atom stereocenters. The Bertz CT molecular complexity index is 288. The summed E-state index contributed by atoms with van der Waals surface area (Å²) in [4.78, 5) is 1.50. The molecule has 78 valence electrons. The highest BCUT2D eigenvalue weighted by atomic mass is 32.1.